The minimum atomic E-state index is -0.184. The summed E-state index contributed by atoms with van der Waals surface area (Å²) >= 11 is 0. The van der Waals surface area contributed by atoms with Gasteiger partial charge in [-0.05, 0) is 19.1 Å². The van der Waals surface area contributed by atoms with Gasteiger partial charge in [-0.3, -0.25) is 4.79 Å². The molecular weight excluding hydrogens is 230 g/mol. The Labute approximate surface area is 108 Å². The molecule has 18 heavy (non-hydrogen) atoms. The van der Waals surface area contributed by atoms with Crippen molar-refractivity contribution in [1.82, 2.24) is 0 Å². The quantitative estimate of drug-likeness (QED) is 0.569. The second-order valence-corrected chi connectivity index (χ2v) is 3.98. The van der Waals surface area contributed by atoms with Crippen LogP contribution in [-0.2, 0) is 14.3 Å². The van der Waals surface area contributed by atoms with E-state index in [0.29, 0.717) is 26.2 Å². The standard InChI is InChI=1S/C14H21NO3/c1-3-14(16)18-11-10-17-9-8-15-13-6-4-12(2)5-7-13/h4-7,15H,3,8-11H2,1-2H3. The molecule has 0 unspecified atom stereocenters. The van der Waals surface area contributed by atoms with Crippen LogP contribution in [0.5, 0.6) is 0 Å². The molecule has 0 saturated carbocycles. The van der Waals surface area contributed by atoms with Gasteiger partial charge in [0.25, 0.3) is 0 Å². The van der Waals surface area contributed by atoms with Crippen LogP contribution in [0.1, 0.15) is 18.9 Å². The summed E-state index contributed by atoms with van der Waals surface area (Å²) in [4.78, 5) is 10.8. The maximum absolute atomic E-state index is 10.8. The van der Waals surface area contributed by atoms with Gasteiger partial charge in [-0.1, -0.05) is 24.6 Å². The van der Waals surface area contributed by atoms with Crippen molar-refractivity contribution in [1.29, 1.82) is 0 Å². The Morgan fingerprint density at radius 2 is 1.89 bits per heavy atom. The first-order valence-corrected chi connectivity index (χ1v) is 6.26. The lowest BCUT2D eigenvalue weighted by Gasteiger charge is -2.08. The molecule has 0 spiro atoms. The van der Waals surface area contributed by atoms with Gasteiger partial charge >= 0.3 is 5.97 Å². The number of aryl methyl sites for hydroxylation is 1. The van der Waals surface area contributed by atoms with Crippen molar-refractivity contribution in [3.63, 3.8) is 0 Å². The van der Waals surface area contributed by atoms with Gasteiger partial charge in [0.2, 0.25) is 0 Å². The number of esters is 1. The van der Waals surface area contributed by atoms with Crippen molar-refractivity contribution in [2.75, 3.05) is 31.7 Å². The third kappa shape index (κ3) is 6.25. The molecule has 0 aliphatic carbocycles. The summed E-state index contributed by atoms with van der Waals surface area (Å²) in [7, 11) is 0. The van der Waals surface area contributed by atoms with Crippen molar-refractivity contribution in [2.45, 2.75) is 20.3 Å². The Kier molecular flexibility index (Phi) is 6.87. The zero-order valence-corrected chi connectivity index (χ0v) is 11.1. The smallest absolute Gasteiger partial charge is 0.305 e. The highest BCUT2D eigenvalue weighted by atomic mass is 16.6. The molecule has 0 aromatic heterocycles. The fourth-order valence-corrected chi connectivity index (χ4v) is 1.36. The minimum Gasteiger partial charge on any atom is -0.463 e. The molecule has 100 valence electrons. The molecule has 0 heterocycles. The molecule has 1 aromatic rings. The molecule has 0 amide bonds. The summed E-state index contributed by atoms with van der Waals surface area (Å²) in [6, 6.07) is 8.21. The lowest BCUT2D eigenvalue weighted by atomic mass is 10.2. The van der Waals surface area contributed by atoms with Gasteiger partial charge in [-0.15, -0.1) is 0 Å². The van der Waals surface area contributed by atoms with Gasteiger partial charge in [0.15, 0.2) is 0 Å². The molecule has 0 atom stereocenters. The Balaban J connectivity index is 1.99. The van der Waals surface area contributed by atoms with Gasteiger partial charge in [0.1, 0.15) is 6.61 Å². The van der Waals surface area contributed by atoms with Gasteiger partial charge in [-0.2, -0.15) is 0 Å². The van der Waals surface area contributed by atoms with E-state index in [1.54, 1.807) is 6.92 Å². The fraction of sp³-hybridized carbons (Fsp3) is 0.500. The van der Waals surface area contributed by atoms with Crippen LogP contribution in [0.2, 0.25) is 0 Å². The topological polar surface area (TPSA) is 47.6 Å². The summed E-state index contributed by atoms with van der Waals surface area (Å²) in [5.74, 6) is -0.184. The van der Waals surface area contributed by atoms with E-state index in [9.17, 15) is 4.79 Å². The fourth-order valence-electron chi connectivity index (χ4n) is 1.36. The number of ether oxygens (including phenoxy) is 2. The third-order valence-electron chi connectivity index (χ3n) is 2.41. The maximum Gasteiger partial charge on any atom is 0.305 e. The number of anilines is 1. The maximum atomic E-state index is 10.8. The first-order valence-electron chi connectivity index (χ1n) is 6.26. The molecule has 0 fully saturated rings. The van der Waals surface area contributed by atoms with Crippen LogP contribution in [-0.4, -0.2) is 32.3 Å². The predicted octanol–water partition coefficient (Wildman–Crippen LogP) is 2.38. The van der Waals surface area contributed by atoms with E-state index in [0.717, 1.165) is 12.2 Å². The number of hydrogen-bond acceptors (Lipinski definition) is 4. The summed E-state index contributed by atoms with van der Waals surface area (Å²) in [6.45, 7) is 5.94. The van der Waals surface area contributed by atoms with Crippen LogP contribution < -0.4 is 5.32 Å². The third-order valence-corrected chi connectivity index (χ3v) is 2.41. The van der Waals surface area contributed by atoms with Gasteiger partial charge in [0, 0.05) is 18.7 Å². The van der Waals surface area contributed by atoms with E-state index in [1.807, 2.05) is 12.1 Å². The summed E-state index contributed by atoms with van der Waals surface area (Å²) < 4.78 is 10.2. The van der Waals surface area contributed by atoms with Gasteiger partial charge in [0.05, 0.1) is 13.2 Å². The molecule has 0 saturated heterocycles. The number of hydrogen-bond donors (Lipinski definition) is 1. The zero-order chi connectivity index (χ0) is 13.2. The average Bonchev–Trinajstić information content (AvgIpc) is 2.39. The normalized spacial score (nSPS) is 10.1. The number of carbonyl (C=O) groups excluding carboxylic acids is 1. The lowest BCUT2D eigenvalue weighted by Crippen LogP contribution is -2.14. The van der Waals surface area contributed by atoms with Crippen molar-refractivity contribution in [3.8, 4) is 0 Å². The molecule has 4 nitrogen and oxygen atoms in total. The van der Waals surface area contributed by atoms with E-state index in [4.69, 9.17) is 9.47 Å². The lowest BCUT2D eigenvalue weighted by molar-refractivity contribution is -0.144. The molecule has 1 N–H and O–H groups in total. The van der Waals surface area contributed by atoms with E-state index in [-0.39, 0.29) is 5.97 Å². The van der Waals surface area contributed by atoms with Gasteiger partial charge in [-0.25, -0.2) is 0 Å². The summed E-state index contributed by atoms with van der Waals surface area (Å²) in [5, 5.41) is 3.25. The average molecular weight is 251 g/mol. The number of benzene rings is 1. The Hall–Kier alpha value is -1.55. The highest BCUT2D eigenvalue weighted by molar-refractivity contribution is 5.68. The molecule has 1 rings (SSSR count). The van der Waals surface area contributed by atoms with Crippen molar-refractivity contribution < 1.29 is 14.3 Å². The number of carbonyl (C=O) groups is 1. The van der Waals surface area contributed by atoms with Crippen LogP contribution in [0.3, 0.4) is 0 Å². The van der Waals surface area contributed by atoms with Crippen LogP contribution in [0.4, 0.5) is 5.69 Å². The van der Waals surface area contributed by atoms with Crippen molar-refractivity contribution in [2.24, 2.45) is 0 Å². The molecule has 0 aliphatic heterocycles. The van der Waals surface area contributed by atoms with Crippen LogP contribution >= 0.6 is 0 Å². The van der Waals surface area contributed by atoms with E-state index in [1.165, 1.54) is 5.56 Å². The van der Waals surface area contributed by atoms with E-state index in [2.05, 4.69) is 24.4 Å². The number of nitrogens with one attached hydrogen (secondary N) is 1. The number of rotatable bonds is 8. The van der Waals surface area contributed by atoms with Gasteiger partial charge < -0.3 is 14.8 Å². The Morgan fingerprint density at radius 1 is 1.17 bits per heavy atom. The first kappa shape index (κ1) is 14.5. The predicted molar refractivity (Wildman–Crippen MR) is 71.7 cm³/mol. The minimum absolute atomic E-state index is 0.184. The summed E-state index contributed by atoms with van der Waals surface area (Å²) in [6.07, 6.45) is 0.412. The van der Waals surface area contributed by atoms with E-state index >= 15 is 0 Å². The van der Waals surface area contributed by atoms with Crippen molar-refractivity contribution >= 4 is 11.7 Å². The van der Waals surface area contributed by atoms with Crippen LogP contribution in [0, 0.1) is 6.92 Å². The first-order chi connectivity index (χ1) is 8.72. The summed E-state index contributed by atoms with van der Waals surface area (Å²) in [5.41, 5.74) is 2.33. The molecular formula is C14H21NO3. The highest BCUT2D eigenvalue weighted by Gasteiger charge is 1.97. The monoisotopic (exact) mass is 251 g/mol. The van der Waals surface area contributed by atoms with Crippen molar-refractivity contribution in [3.05, 3.63) is 29.8 Å². The Bertz CT molecular complexity index is 349. The second-order valence-electron chi connectivity index (χ2n) is 3.98. The second kappa shape index (κ2) is 8.53. The molecule has 4 heteroatoms. The molecule has 0 radical (unpaired) electrons. The van der Waals surface area contributed by atoms with Crippen LogP contribution in [0.25, 0.3) is 0 Å². The molecule has 0 bridgehead atoms. The molecule has 1 aromatic carbocycles. The Morgan fingerprint density at radius 3 is 2.56 bits per heavy atom. The highest BCUT2D eigenvalue weighted by Crippen LogP contribution is 2.07. The van der Waals surface area contributed by atoms with Crippen LogP contribution in [0.15, 0.2) is 24.3 Å². The SMILES string of the molecule is CCC(=O)OCCOCCNc1ccc(C)cc1. The molecule has 0 aliphatic rings. The largest absolute Gasteiger partial charge is 0.463 e. The van der Waals surface area contributed by atoms with E-state index < -0.39 is 0 Å². The zero-order valence-electron chi connectivity index (χ0n) is 11.1.